The smallest absolute Gasteiger partial charge is 0.255 e. The number of benzene rings is 2. The van der Waals surface area contributed by atoms with Crippen LogP contribution >= 0.6 is 23.4 Å². The molecule has 5 nitrogen and oxygen atoms in total. The maximum Gasteiger partial charge on any atom is 0.255 e. The van der Waals surface area contributed by atoms with E-state index in [0.717, 1.165) is 42.8 Å². The third kappa shape index (κ3) is 5.08. The molecule has 1 aliphatic rings. The first-order valence-electron chi connectivity index (χ1n) is 9.12. The number of likely N-dealkylation sites (tertiary alicyclic amines) is 1. The van der Waals surface area contributed by atoms with Crippen LogP contribution in [0, 0.1) is 0 Å². The molecule has 0 aliphatic carbocycles. The average molecular weight is 439 g/mol. The van der Waals surface area contributed by atoms with Gasteiger partial charge in [0.1, 0.15) is 0 Å². The number of nitrogens with one attached hydrogen (secondary N) is 1. The highest BCUT2D eigenvalue weighted by Crippen LogP contribution is 2.26. The standard InChI is InChI=1S/C20H23ClN2O3S2/c1-27-19-10-9-17(13-18(19)20(24)23-11-3-2-4-12-23)28(25,26)22-14-15-5-7-16(21)8-6-15/h5-10,13,22H,2-4,11-12,14H2,1H3. The fraction of sp³-hybridized carbons (Fsp3) is 0.350. The number of halogens is 1. The van der Waals surface area contributed by atoms with Crippen LogP contribution in [-0.2, 0) is 16.6 Å². The zero-order valence-electron chi connectivity index (χ0n) is 15.7. The second-order valence-electron chi connectivity index (χ2n) is 6.67. The van der Waals surface area contributed by atoms with Crippen LogP contribution in [0.3, 0.4) is 0 Å². The van der Waals surface area contributed by atoms with Gasteiger partial charge in [0.05, 0.1) is 10.5 Å². The van der Waals surface area contributed by atoms with Crippen LogP contribution in [-0.4, -0.2) is 38.6 Å². The van der Waals surface area contributed by atoms with E-state index in [1.807, 2.05) is 11.2 Å². The first kappa shape index (κ1) is 21.2. The Kier molecular flexibility index (Phi) is 7.04. The van der Waals surface area contributed by atoms with Crippen molar-refractivity contribution in [2.75, 3.05) is 19.3 Å². The first-order valence-corrected chi connectivity index (χ1v) is 12.2. The van der Waals surface area contributed by atoms with Crippen molar-refractivity contribution in [1.29, 1.82) is 0 Å². The summed E-state index contributed by atoms with van der Waals surface area (Å²) in [6.45, 7) is 1.59. The molecule has 0 saturated carbocycles. The normalized spacial score (nSPS) is 14.9. The molecule has 1 saturated heterocycles. The van der Waals surface area contributed by atoms with Gasteiger partial charge in [0.2, 0.25) is 10.0 Å². The van der Waals surface area contributed by atoms with E-state index < -0.39 is 10.0 Å². The highest BCUT2D eigenvalue weighted by molar-refractivity contribution is 7.98. The summed E-state index contributed by atoms with van der Waals surface area (Å²) < 4.78 is 28.1. The van der Waals surface area contributed by atoms with E-state index in [1.54, 1.807) is 36.4 Å². The van der Waals surface area contributed by atoms with Gasteiger partial charge in [-0.05, 0) is 61.4 Å². The fourth-order valence-electron chi connectivity index (χ4n) is 3.15. The Morgan fingerprint density at radius 2 is 1.79 bits per heavy atom. The van der Waals surface area contributed by atoms with Crippen molar-refractivity contribution in [3.8, 4) is 0 Å². The van der Waals surface area contributed by atoms with Crippen molar-refractivity contribution in [3.63, 3.8) is 0 Å². The Labute approximate surface area is 175 Å². The molecule has 1 amide bonds. The molecule has 0 atom stereocenters. The Balaban J connectivity index is 1.82. The van der Waals surface area contributed by atoms with Gasteiger partial charge in [-0.2, -0.15) is 0 Å². The summed E-state index contributed by atoms with van der Waals surface area (Å²) in [5.74, 6) is -0.0983. The number of piperidine rings is 1. The van der Waals surface area contributed by atoms with Crippen molar-refractivity contribution < 1.29 is 13.2 Å². The molecule has 3 rings (SSSR count). The molecule has 0 aromatic heterocycles. The summed E-state index contributed by atoms with van der Waals surface area (Å²) in [7, 11) is -3.74. The number of carbonyl (C=O) groups is 1. The molecule has 0 spiro atoms. The lowest BCUT2D eigenvalue weighted by molar-refractivity contribution is 0.0720. The van der Waals surface area contributed by atoms with Crippen LogP contribution in [0.5, 0.6) is 0 Å². The third-order valence-electron chi connectivity index (χ3n) is 4.73. The van der Waals surface area contributed by atoms with Crippen molar-refractivity contribution in [3.05, 3.63) is 58.6 Å². The minimum Gasteiger partial charge on any atom is -0.339 e. The van der Waals surface area contributed by atoms with E-state index in [4.69, 9.17) is 11.6 Å². The molecule has 150 valence electrons. The maximum absolute atomic E-state index is 13.0. The van der Waals surface area contributed by atoms with Gasteiger partial charge >= 0.3 is 0 Å². The number of nitrogens with zero attached hydrogens (tertiary/aromatic N) is 1. The highest BCUT2D eigenvalue weighted by atomic mass is 35.5. The first-order chi connectivity index (χ1) is 13.4. The minimum absolute atomic E-state index is 0.0969. The summed E-state index contributed by atoms with van der Waals surface area (Å²) in [6, 6.07) is 11.7. The third-order valence-corrected chi connectivity index (χ3v) is 7.18. The molecule has 1 aliphatic heterocycles. The number of amides is 1. The van der Waals surface area contributed by atoms with Gasteiger partial charge in [0.15, 0.2) is 0 Å². The monoisotopic (exact) mass is 438 g/mol. The number of hydrogen-bond acceptors (Lipinski definition) is 4. The summed E-state index contributed by atoms with van der Waals surface area (Å²) >= 11 is 7.30. The predicted octanol–water partition coefficient (Wildman–Crippen LogP) is 4.17. The van der Waals surface area contributed by atoms with Crippen LogP contribution in [0.25, 0.3) is 0 Å². The fourth-order valence-corrected chi connectivity index (χ4v) is 4.89. The van der Waals surface area contributed by atoms with Crippen LogP contribution in [0.15, 0.2) is 52.3 Å². The molecular weight excluding hydrogens is 416 g/mol. The lowest BCUT2D eigenvalue weighted by atomic mass is 10.1. The molecular formula is C20H23ClN2O3S2. The minimum atomic E-state index is -3.74. The van der Waals surface area contributed by atoms with E-state index in [0.29, 0.717) is 10.6 Å². The Morgan fingerprint density at radius 1 is 1.11 bits per heavy atom. The van der Waals surface area contributed by atoms with Crippen LogP contribution in [0.2, 0.25) is 5.02 Å². The van der Waals surface area contributed by atoms with Gasteiger partial charge in [-0.3, -0.25) is 4.79 Å². The molecule has 2 aromatic carbocycles. The van der Waals surface area contributed by atoms with E-state index in [2.05, 4.69) is 4.72 Å². The topological polar surface area (TPSA) is 66.5 Å². The number of rotatable bonds is 6. The van der Waals surface area contributed by atoms with E-state index in [-0.39, 0.29) is 17.3 Å². The Hall–Kier alpha value is -1.54. The van der Waals surface area contributed by atoms with Crippen LogP contribution in [0.1, 0.15) is 35.2 Å². The molecule has 1 fully saturated rings. The zero-order valence-corrected chi connectivity index (χ0v) is 18.0. The summed E-state index contributed by atoms with van der Waals surface area (Å²) in [5, 5.41) is 0.597. The van der Waals surface area contributed by atoms with Crippen LogP contribution < -0.4 is 4.72 Å². The maximum atomic E-state index is 13.0. The van der Waals surface area contributed by atoms with Gasteiger partial charge < -0.3 is 4.90 Å². The van der Waals surface area contributed by atoms with Gasteiger partial charge in [-0.25, -0.2) is 13.1 Å². The van der Waals surface area contributed by atoms with E-state index in [9.17, 15) is 13.2 Å². The van der Waals surface area contributed by atoms with Crippen molar-refractivity contribution in [2.24, 2.45) is 0 Å². The Bertz CT molecular complexity index is 940. The second kappa shape index (κ2) is 9.31. The van der Waals surface area contributed by atoms with E-state index >= 15 is 0 Å². The Morgan fingerprint density at radius 3 is 2.43 bits per heavy atom. The highest BCUT2D eigenvalue weighted by Gasteiger charge is 2.23. The van der Waals surface area contributed by atoms with Gasteiger partial charge in [-0.15, -0.1) is 11.8 Å². The van der Waals surface area contributed by atoms with Crippen LogP contribution in [0.4, 0.5) is 0 Å². The van der Waals surface area contributed by atoms with Gasteiger partial charge in [0.25, 0.3) is 5.91 Å². The van der Waals surface area contributed by atoms with Crippen molar-refractivity contribution >= 4 is 39.3 Å². The molecule has 8 heteroatoms. The molecule has 0 radical (unpaired) electrons. The lowest BCUT2D eigenvalue weighted by Gasteiger charge is -2.27. The second-order valence-corrected chi connectivity index (χ2v) is 9.72. The SMILES string of the molecule is CSc1ccc(S(=O)(=O)NCc2ccc(Cl)cc2)cc1C(=O)N1CCCCC1. The molecule has 0 bridgehead atoms. The number of sulfonamides is 1. The van der Waals surface area contributed by atoms with E-state index in [1.165, 1.54) is 17.8 Å². The quantitative estimate of drug-likeness (QED) is 0.687. The van der Waals surface area contributed by atoms with Crippen molar-refractivity contribution in [2.45, 2.75) is 35.6 Å². The summed E-state index contributed by atoms with van der Waals surface area (Å²) in [6.07, 6.45) is 4.99. The van der Waals surface area contributed by atoms with Gasteiger partial charge in [-0.1, -0.05) is 23.7 Å². The summed E-state index contributed by atoms with van der Waals surface area (Å²) in [4.78, 5) is 15.7. The molecule has 2 aromatic rings. The average Bonchev–Trinajstić information content (AvgIpc) is 2.73. The number of hydrogen-bond donors (Lipinski definition) is 1. The molecule has 1 heterocycles. The zero-order chi connectivity index (χ0) is 20.1. The number of carbonyl (C=O) groups excluding carboxylic acids is 1. The number of thioether (sulfide) groups is 1. The molecule has 0 unspecified atom stereocenters. The lowest BCUT2D eigenvalue weighted by Crippen LogP contribution is -2.36. The molecule has 28 heavy (non-hydrogen) atoms. The largest absolute Gasteiger partial charge is 0.339 e. The predicted molar refractivity (Wildman–Crippen MR) is 113 cm³/mol. The van der Waals surface area contributed by atoms with Gasteiger partial charge in [0, 0.05) is 29.6 Å². The molecule has 1 N–H and O–H groups in total. The summed E-state index contributed by atoms with van der Waals surface area (Å²) in [5.41, 5.74) is 1.25. The van der Waals surface area contributed by atoms with Crippen molar-refractivity contribution in [1.82, 2.24) is 9.62 Å².